The number of hydrogen-bond acceptors (Lipinski definition) is 2. The number of allylic oxidation sites excluding steroid dienone is 2. The maximum Gasteiger partial charge on any atom is 0.124 e. The highest BCUT2D eigenvalue weighted by Crippen LogP contribution is 2.32. The molecule has 2 nitrogen and oxygen atoms in total. The van der Waals surface area contributed by atoms with E-state index in [2.05, 4.69) is 0 Å². The van der Waals surface area contributed by atoms with E-state index >= 15 is 0 Å². The summed E-state index contributed by atoms with van der Waals surface area (Å²) in [7, 11) is 1.62. The summed E-state index contributed by atoms with van der Waals surface area (Å²) < 4.78 is 5.22. The molecule has 1 aliphatic rings. The smallest absolute Gasteiger partial charge is 0.124 e. The van der Waals surface area contributed by atoms with Crippen LogP contribution in [0, 0.1) is 5.92 Å². The fraction of sp³-hybridized carbons (Fsp3) is 0.231. The number of para-hydroxylation sites is 1. The normalized spacial score (nSPS) is 16.9. The van der Waals surface area contributed by atoms with Crippen molar-refractivity contribution in [3.05, 3.63) is 54.1 Å². The summed E-state index contributed by atoms with van der Waals surface area (Å²) in [6, 6.07) is 7.56. The Kier molecular flexibility index (Phi) is 2.88. The molecule has 1 atom stereocenters. The second-order valence-electron chi connectivity index (χ2n) is 3.53. The topological polar surface area (TPSA) is 29.5 Å². The highest BCUT2D eigenvalue weighted by atomic mass is 16.5. The zero-order valence-electron chi connectivity index (χ0n) is 8.63. The molecule has 0 aliphatic heterocycles. The largest absolute Gasteiger partial charge is 0.496 e. The molecule has 0 unspecified atom stereocenters. The van der Waals surface area contributed by atoms with Crippen molar-refractivity contribution in [2.75, 3.05) is 7.11 Å². The van der Waals surface area contributed by atoms with Gasteiger partial charge in [-0.15, -0.1) is 0 Å². The van der Waals surface area contributed by atoms with Gasteiger partial charge in [0.1, 0.15) is 5.75 Å². The van der Waals surface area contributed by atoms with Crippen LogP contribution in [0.2, 0.25) is 0 Å². The molecule has 0 saturated heterocycles. The molecule has 2 heteroatoms. The van der Waals surface area contributed by atoms with Crippen molar-refractivity contribution in [1.29, 1.82) is 0 Å². The Hall–Kier alpha value is -1.54. The summed E-state index contributed by atoms with van der Waals surface area (Å²) in [6.45, 7) is 0. The van der Waals surface area contributed by atoms with Gasteiger partial charge in [-0.25, -0.2) is 0 Å². The Labute approximate surface area is 89.5 Å². The Bertz CT molecular complexity index is 381. The predicted octanol–water partition coefficient (Wildman–Crippen LogP) is 2.47. The average Bonchev–Trinajstić information content (AvgIpc) is 2.81. The molecule has 1 aromatic rings. The monoisotopic (exact) mass is 202 g/mol. The summed E-state index contributed by atoms with van der Waals surface area (Å²) in [4.78, 5) is 0. The van der Waals surface area contributed by atoms with Gasteiger partial charge in [-0.05, 0) is 6.07 Å². The van der Waals surface area contributed by atoms with Crippen LogP contribution < -0.4 is 4.74 Å². The summed E-state index contributed by atoms with van der Waals surface area (Å²) in [5.41, 5.74) is 0.834. The van der Waals surface area contributed by atoms with Crippen LogP contribution in [-0.2, 0) is 0 Å². The molecule has 0 bridgehead atoms. The Balaban J connectivity index is 2.28. The molecule has 1 N–H and O–H groups in total. The molecule has 0 saturated carbocycles. The van der Waals surface area contributed by atoms with Gasteiger partial charge >= 0.3 is 0 Å². The molecule has 78 valence electrons. The third-order valence-electron chi connectivity index (χ3n) is 2.60. The maximum atomic E-state index is 10.1. The second-order valence-corrected chi connectivity index (χ2v) is 3.53. The number of ether oxygens (including phenoxy) is 1. The van der Waals surface area contributed by atoms with Gasteiger partial charge in [0, 0.05) is 11.5 Å². The van der Waals surface area contributed by atoms with Gasteiger partial charge in [0.2, 0.25) is 0 Å². The second kappa shape index (κ2) is 4.32. The lowest BCUT2D eigenvalue weighted by Crippen LogP contribution is -2.08. The molecular formula is C13H14O2. The van der Waals surface area contributed by atoms with Crippen LogP contribution >= 0.6 is 0 Å². The fourth-order valence-electron chi connectivity index (χ4n) is 1.78. The Morgan fingerprint density at radius 3 is 2.53 bits per heavy atom. The number of rotatable bonds is 3. The van der Waals surface area contributed by atoms with E-state index < -0.39 is 6.10 Å². The average molecular weight is 202 g/mol. The van der Waals surface area contributed by atoms with Gasteiger partial charge in [-0.2, -0.15) is 0 Å². The van der Waals surface area contributed by atoms with Crippen LogP contribution in [0.5, 0.6) is 5.75 Å². The third-order valence-corrected chi connectivity index (χ3v) is 2.60. The number of aliphatic hydroxyl groups is 1. The van der Waals surface area contributed by atoms with E-state index in [1.54, 1.807) is 7.11 Å². The maximum absolute atomic E-state index is 10.1. The minimum atomic E-state index is -0.531. The van der Waals surface area contributed by atoms with Crippen LogP contribution in [0.15, 0.2) is 48.6 Å². The first-order valence-corrected chi connectivity index (χ1v) is 4.99. The van der Waals surface area contributed by atoms with Crippen LogP contribution in [0.3, 0.4) is 0 Å². The Morgan fingerprint density at radius 2 is 1.87 bits per heavy atom. The van der Waals surface area contributed by atoms with Crippen LogP contribution in [0.1, 0.15) is 11.7 Å². The summed E-state index contributed by atoms with van der Waals surface area (Å²) in [5.74, 6) is 0.792. The van der Waals surface area contributed by atoms with Crippen LogP contribution in [-0.4, -0.2) is 12.2 Å². The molecule has 0 aromatic heterocycles. The van der Waals surface area contributed by atoms with Crippen molar-refractivity contribution in [2.24, 2.45) is 5.92 Å². The highest BCUT2D eigenvalue weighted by Gasteiger charge is 2.20. The first-order chi connectivity index (χ1) is 7.33. The van der Waals surface area contributed by atoms with Crippen molar-refractivity contribution in [2.45, 2.75) is 6.10 Å². The van der Waals surface area contributed by atoms with Crippen molar-refractivity contribution in [3.63, 3.8) is 0 Å². The predicted molar refractivity (Wildman–Crippen MR) is 59.7 cm³/mol. The zero-order valence-corrected chi connectivity index (χ0v) is 8.63. The van der Waals surface area contributed by atoms with E-state index in [4.69, 9.17) is 4.74 Å². The van der Waals surface area contributed by atoms with Gasteiger partial charge < -0.3 is 9.84 Å². The molecule has 15 heavy (non-hydrogen) atoms. The van der Waals surface area contributed by atoms with Crippen molar-refractivity contribution in [3.8, 4) is 5.75 Å². The SMILES string of the molecule is COc1ccccc1[C@@H](O)C1C=CC=C1. The highest BCUT2D eigenvalue weighted by molar-refractivity contribution is 5.37. The first-order valence-electron chi connectivity index (χ1n) is 4.99. The lowest BCUT2D eigenvalue weighted by atomic mass is 9.96. The quantitative estimate of drug-likeness (QED) is 0.815. The molecule has 0 amide bonds. The van der Waals surface area contributed by atoms with Gasteiger partial charge in [0.25, 0.3) is 0 Å². The molecule has 0 fully saturated rings. The summed E-state index contributed by atoms with van der Waals surface area (Å²) >= 11 is 0. The molecule has 1 aliphatic carbocycles. The van der Waals surface area contributed by atoms with Crippen LogP contribution in [0.4, 0.5) is 0 Å². The van der Waals surface area contributed by atoms with Crippen molar-refractivity contribution >= 4 is 0 Å². The van der Waals surface area contributed by atoms with E-state index in [1.165, 1.54) is 0 Å². The number of hydrogen-bond donors (Lipinski definition) is 1. The van der Waals surface area contributed by atoms with E-state index in [0.29, 0.717) is 0 Å². The van der Waals surface area contributed by atoms with Crippen molar-refractivity contribution < 1.29 is 9.84 Å². The number of aliphatic hydroxyl groups excluding tert-OH is 1. The van der Waals surface area contributed by atoms with Gasteiger partial charge in [0.15, 0.2) is 0 Å². The molecular weight excluding hydrogens is 188 g/mol. The Morgan fingerprint density at radius 1 is 1.20 bits per heavy atom. The van der Waals surface area contributed by atoms with E-state index in [0.717, 1.165) is 11.3 Å². The van der Waals surface area contributed by atoms with E-state index in [-0.39, 0.29) is 5.92 Å². The zero-order chi connectivity index (χ0) is 10.7. The van der Waals surface area contributed by atoms with Gasteiger partial charge in [-0.3, -0.25) is 0 Å². The minimum absolute atomic E-state index is 0.0568. The lowest BCUT2D eigenvalue weighted by molar-refractivity contribution is 0.148. The fourth-order valence-corrected chi connectivity index (χ4v) is 1.78. The molecule has 0 heterocycles. The number of benzene rings is 1. The third kappa shape index (κ3) is 1.95. The van der Waals surface area contributed by atoms with Gasteiger partial charge in [-0.1, -0.05) is 42.5 Å². The first kappa shape index (κ1) is 9.99. The lowest BCUT2D eigenvalue weighted by Gasteiger charge is -2.17. The standard InChI is InChI=1S/C13H14O2/c1-15-12-9-5-4-8-11(12)13(14)10-6-2-3-7-10/h2-10,13-14H,1H3/t13-/m0/s1. The van der Waals surface area contributed by atoms with Gasteiger partial charge in [0.05, 0.1) is 13.2 Å². The molecule has 0 spiro atoms. The minimum Gasteiger partial charge on any atom is -0.496 e. The van der Waals surface area contributed by atoms with E-state index in [1.807, 2.05) is 48.6 Å². The summed E-state index contributed by atoms with van der Waals surface area (Å²) in [6.07, 6.45) is 7.33. The molecule has 1 aromatic carbocycles. The molecule has 2 rings (SSSR count). The number of methoxy groups -OCH3 is 1. The molecule has 0 radical (unpaired) electrons. The van der Waals surface area contributed by atoms with E-state index in [9.17, 15) is 5.11 Å². The van der Waals surface area contributed by atoms with Crippen molar-refractivity contribution in [1.82, 2.24) is 0 Å². The van der Waals surface area contributed by atoms with Crippen LogP contribution in [0.25, 0.3) is 0 Å². The summed E-state index contributed by atoms with van der Waals surface area (Å²) in [5, 5.41) is 10.1.